The first-order chi connectivity index (χ1) is 7.52. The number of hydrogen-bond acceptors (Lipinski definition) is 4. The summed E-state index contributed by atoms with van der Waals surface area (Å²) < 4.78 is 4.80. The molecule has 0 aliphatic carbocycles. The maximum Gasteiger partial charge on any atom is 0.430 e. The highest BCUT2D eigenvalue weighted by Crippen LogP contribution is 2.25. The number of hydrogen-bond donors (Lipinski definition) is 1. The molecule has 1 rings (SSSR count). The Morgan fingerprint density at radius 3 is 2.50 bits per heavy atom. The molecule has 6 nitrogen and oxygen atoms in total. The van der Waals surface area contributed by atoms with Gasteiger partial charge in [0.2, 0.25) is 0 Å². The Morgan fingerprint density at radius 2 is 2.12 bits per heavy atom. The second-order valence-electron chi connectivity index (χ2n) is 3.59. The number of aliphatic carboxylic acids is 1. The Labute approximate surface area is 93.9 Å². The number of carbonyl (C=O) groups is 2. The lowest BCUT2D eigenvalue weighted by Gasteiger charge is -2.20. The van der Waals surface area contributed by atoms with Crippen molar-refractivity contribution in [2.45, 2.75) is 33.2 Å². The third-order valence-corrected chi connectivity index (χ3v) is 2.65. The van der Waals surface area contributed by atoms with Crippen LogP contribution in [0.4, 0.5) is 4.79 Å². The molecule has 90 valence electrons. The Kier molecular flexibility index (Phi) is 3.87. The molecular weight excluding hydrogens is 212 g/mol. The first-order valence-electron chi connectivity index (χ1n) is 5.30. The molecule has 0 fully saturated rings. The van der Waals surface area contributed by atoms with Gasteiger partial charge in [-0.3, -0.25) is 0 Å². The minimum absolute atomic E-state index is 0.0306. The van der Waals surface area contributed by atoms with Gasteiger partial charge in [0.05, 0.1) is 12.6 Å². The molecule has 0 spiro atoms. The Morgan fingerprint density at radius 1 is 1.50 bits per heavy atom. The smallest absolute Gasteiger partial charge is 0.430 e. The monoisotopic (exact) mass is 228 g/mol. The Hall–Kier alpha value is -1.59. The van der Waals surface area contributed by atoms with Gasteiger partial charge in [0.1, 0.15) is 0 Å². The molecule has 1 aliphatic heterocycles. The number of carboxylic acids is 1. The van der Waals surface area contributed by atoms with Crippen LogP contribution in [0.1, 0.15) is 27.2 Å². The van der Waals surface area contributed by atoms with E-state index in [1.54, 1.807) is 13.8 Å². The van der Waals surface area contributed by atoms with Crippen LogP contribution in [0, 0.1) is 5.92 Å². The van der Waals surface area contributed by atoms with Crippen LogP contribution in [0.3, 0.4) is 0 Å². The predicted octanol–water partition coefficient (Wildman–Crippen LogP) is 1.31. The van der Waals surface area contributed by atoms with Crippen molar-refractivity contribution in [3.8, 4) is 0 Å². The second-order valence-corrected chi connectivity index (χ2v) is 3.59. The zero-order valence-electron chi connectivity index (χ0n) is 9.64. The highest BCUT2D eigenvalue weighted by Gasteiger charge is 2.40. The molecule has 1 heterocycles. The van der Waals surface area contributed by atoms with Crippen molar-refractivity contribution in [3.05, 3.63) is 0 Å². The van der Waals surface area contributed by atoms with Crippen molar-refractivity contribution < 1.29 is 19.4 Å². The van der Waals surface area contributed by atoms with Gasteiger partial charge in [-0.25, -0.2) is 9.59 Å². The largest absolute Gasteiger partial charge is 0.477 e. The average molecular weight is 228 g/mol. The molecule has 1 N–H and O–H groups in total. The highest BCUT2D eigenvalue weighted by atomic mass is 16.6. The van der Waals surface area contributed by atoms with Crippen molar-refractivity contribution in [2.75, 3.05) is 6.61 Å². The quantitative estimate of drug-likeness (QED) is 0.789. The van der Waals surface area contributed by atoms with Crippen LogP contribution in [0.15, 0.2) is 5.10 Å². The third-order valence-electron chi connectivity index (χ3n) is 2.65. The van der Waals surface area contributed by atoms with Gasteiger partial charge in [0, 0.05) is 5.92 Å². The zero-order valence-corrected chi connectivity index (χ0v) is 9.64. The van der Waals surface area contributed by atoms with Crippen LogP contribution in [0.25, 0.3) is 0 Å². The van der Waals surface area contributed by atoms with E-state index in [2.05, 4.69) is 5.10 Å². The molecule has 1 amide bonds. The van der Waals surface area contributed by atoms with E-state index < -0.39 is 12.1 Å². The van der Waals surface area contributed by atoms with Gasteiger partial charge in [0.15, 0.2) is 5.71 Å². The number of carbonyl (C=O) groups excluding carboxylic acids is 1. The van der Waals surface area contributed by atoms with Crippen LogP contribution >= 0.6 is 0 Å². The summed E-state index contributed by atoms with van der Waals surface area (Å²) >= 11 is 0. The highest BCUT2D eigenvalue weighted by molar-refractivity contribution is 6.37. The number of amides is 1. The summed E-state index contributed by atoms with van der Waals surface area (Å²) in [5.74, 6) is -1.31. The number of ether oxygens (including phenoxy) is 1. The molecule has 0 aromatic rings. The van der Waals surface area contributed by atoms with Crippen molar-refractivity contribution in [1.29, 1.82) is 0 Å². The first kappa shape index (κ1) is 12.5. The fourth-order valence-electron chi connectivity index (χ4n) is 1.81. The van der Waals surface area contributed by atoms with Gasteiger partial charge in [-0.05, 0) is 20.3 Å². The molecular formula is C10H16N2O4. The zero-order chi connectivity index (χ0) is 12.3. The minimum atomic E-state index is -1.08. The second kappa shape index (κ2) is 4.96. The van der Waals surface area contributed by atoms with Gasteiger partial charge >= 0.3 is 12.1 Å². The summed E-state index contributed by atoms with van der Waals surface area (Å²) in [6.45, 7) is 5.58. The number of carboxylic acid groups (broad SMARTS) is 1. The SMILES string of the molecule is CCOC(=O)N1N=C(C(=O)O)C(CC)C1C. The van der Waals surface area contributed by atoms with E-state index in [4.69, 9.17) is 9.84 Å². The predicted molar refractivity (Wildman–Crippen MR) is 57.2 cm³/mol. The van der Waals surface area contributed by atoms with Crippen molar-refractivity contribution in [2.24, 2.45) is 11.0 Å². The lowest BCUT2D eigenvalue weighted by Crippen LogP contribution is -2.35. The van der Waals surface area contributed by atoms with E-state index in [-0.39, 0.29) is 24.3 Å². The fourth-order valence-corrected chi connectivity index (χ4v) is 1.81. The molecule has 6 heteroatoms. The van der Waals surface area contributed by atoms with E-state index in [0.29, 0.717) is 6.42 Å². The molecule has 2 unspecified atom stereocenters. The summed E-state index contributed by atoms with van der Waals surface area (Å²) in [4.78, 5) is 22.4. The van der Waals surface area contributed by atoms with E-state index >= 15 is 0 Å². The van der Waals surface area contributed by atoms with Gasteiger partial charge < -0.3 is 9.84 Å². The fraction of sp³-hybridized carbons (Fsp3) is 0.700. The van der Waals surface area contributed by atoms with E-state index in [9.17, 15) is 9.59 Å². The number of nitrogens with zero attached hydrogens (tertiary/aromatic N) is 2. The molecule has 2 atom stereocenters. The first-order valence-corrected chi connectivity index (χ1v) is 5.30. The summed E-state index contributed by atoms with van der Waals surface area (Å²) in [5.41, 5.74) is 0.0306. The lowest BCUT2D eigenvalue weighted by molar-refractivity contribution is -0.129. The van der Waals surface area contributed by atoms with Crippen molar-refractivity contribution in [1.82, 2.24) is 5.01 Å². The standard InChI is InChI=1S/C10H16N2O4/c1-4-7-6(3)12(10(15)16-5-2)11-8(7)9(13)14/h6-7H,4-5H2,1-3H3,(H,13,14). The molecule has 0 aromatic heterocycles. The van der Waals surface area contributed by atoms with Crippen molar-refractivity contribution >= 4 is 17.8 Å². The summed E-state index contributed by atoms with van der Waals surface area (Å²) in [7, 11) is 0. The Bertz CT molecular complexity index is 327. The van der Waals surface area contributed by atoms with Crippen LogP contribution in [-0.2, 0) is 9.53 Å². The van der Waals surface area contributed by atoms with Crippen LogP contribution < -0.4 is 0 Å². The number of hydrazone groups is 1. The maximum atomic E-state index is 11.5. The summed E-state index contributed by atoms with van der Waals surface area (Å²) in [6.07, 6.45) is 0.0343. The molecule has 0 saturated carbocycles. The van der Waals surface area contributed by atoms with E-state index in [1.165, 1.54) is 0 Å². The van der Waals surface area contributed by atoms with Gasteiger partial charge in [-0.1, -0.05) is 6.92 Å². The topological polar surface area (TPSA) is 79.2 Å². The minimum Gasteiger partial charge on any atom is -0.477 e. The number of rotatable bonds is 3. The molecule has 16 heavy (non-hydrogen) atoms. The van der Waals surface area contributed by atoms with Crippen LogP contribution in [0.2, 0.25) is 0 Å². The van der Waals surface area contributed by atoms with E-state index in [0.717, 1.165) is 5.01 Å². The molecule has 1 aliphatic rings. The van der Waals surface area contributed by atoms with E-state index in [1.807, 2.05) is 6.92 Å². The molecule has 0 saturated heterocycles. The van der Waals surface area contributed by atoms with Crippen LogP contribution in [0.5, 0.6) is 0 Å². The normalized spacial score (nSPS) is 24.2. The van der Waals surface area contributed by atoms with Crippen LogP contribution in [-0.4, -0.2) is 40.5 Å². The molecule has 0 radical (unpaired) electrons. The molecule has 0 bridgehead atoms. The summed E-state index contributed by atoms with van der Waals surface area (Å²) in [6, 6.07) is -0.268. The lowest BCUT2D eigenvalue weighted by atomic mass is 9.94. The van der Waals surface area contributed by atoms with Gasteiger partial charge in [-0.2, -0.15) is 10.1 Å². The van der Waals surface area contributed by atoms with Crippen molar-refractivity contribution in [3.63, 3.8) is 0 Å². The maximum absolute atomic E-state index is 11.5. The van der Waals surface area contributed by atoms with Gasteiger partial charge in [0.25, 0.3) is 0 Å². The third kappa shape index (κ3) is 2.15. The Balaban J connectivity index is 2.89. The average Bonchev–Trinajstić information content (AvgIpc) is 2.55. The van der Waals surface area contributed by atoms with Gasteiger partial charge in [-0.15, -0.1) is 0 Å². The molecule has 0 aromatic carbocycles. The summed E-state index contributed by atoms with van der Waals surface area (Å²) in [5, 5.41) is 13.9.